The third-order valence-electron chi connectivity index (χ3n) is 6.57. The second-order valence-electron chi connectivity index (χ2n) is 8.74. The SMILES string of the molecule is CN(C)C[C@H]1[C@H]2C[C@H](CN(Cc3c(F)cccc3F)C2)[C@@H]2CCCC(=O)N21. The van der Waals surface area contributed by atoms with Gasteiger partial charge >= 0.3 is 0 Å². The molecule has 1 aromatic rings. The number of hydrogen-bond donors (Lipinski definition) is 0. The van der Waals surface area contributed by atoms with Gasteiger partial charge in [-0.2, -0.15) is 0 Å². The summed E-state index contributed by atoms with van der Waals surface area (Å²) in [6, 6.07) is 4.56. The summed E-state index contributed by atoms with van der Waals surface area (Å²) in [5.41, 5.74) is 0.165. The highest BCUT2D eigenvalue weighted by atomic mass is 19.1. The molecule has 2 bridgehead atoms. The lowest BCUT2D eigenvalue weighted by Gasteiger charge is -2.57. The molecule has 0 saturated carbocycles. The first-order valence-electron chi connectivity index (χ1n) is 10.0. The predicted molar refractivity (Wildman–Crippen MR) is 100 cm³/mol. The van der Waals surface area contributed by atoms with Crippen molar-refractivity contribution in [1.82, 2.24) is 14.7 Å². The Morgan fingerprint density at radius 3 is 2.56 bits per heavy atom. The van der Waals surface area contributed by atoms with Crippen LogP contribution in [0.1, 0.15) is 31.2 Å². The number of nitrogens with zero attached hydrogens (tertiary/aromatic N) is 3. The number of piperidine rings is 3. The van der Waals surface area contributed by atoms with Crippen molar-refractivity contribution in [3.8, 4) is 0 Å². The van der Waals surface area contributed by atoms with Crippen LogP contribution in [0.25, 0.3) is 0 Å². The normalized spacial score (nSPS) is 31.3. The minimum absolute atomic E-state index is 0.165. The molecule has 3 aliphatic heterocycles. The van der Waals surface area contributed by atoms with Crippen LogP contribution in [0.5, 0.6) is 0 Å². The standard InChI is InChI=1S/C21H29F2N3O/c1-24(2)13-20-15-9-14(19-7-4-8-21(27)26(19)20)10-25(11-15)12-16-17(22)5-3-6-18(16)23/h3,5-6,14-15,19-20H,4,7-13H2,1-2H3/t14-,15+,19+,20+/m1/s1. The highest BCUT2D eigenvalue weighted by Crippen LogP contribution is 2.42. The quantitative estimate of drug-likeness (QED) is 0.807. The van der Waals surface area contributed by atoms with E-state index >= 15 is 0 Å². The van der Waals surface area contributed by atoms with E-state index in [1.54, 1.807) is 0 Å². The minimum atomic E-state index is -0.468. The highest BCUT2D eigenvalue weighted by molar-refractivity contribution is 5.78. The molecule has 0 radical (unpaired) electrons. The molecule has 0 spiro atoms. The Morgan fingerprint density at radius 2 is 1.85 bits per heavy atom. The Morgan fingerprint density at radius 1 is 1.15 bits per heavy atom. The molecule has 4 rings (SSSR count). The third kappa shape index (κ3) is 3.61. The van der Waals surface area contributed by atoms with Crippen LogP contribution >= 0.6 is 0 Å². The Bertz CT molecular complexity index is 690. The highest BCUT2D eigenvalue weighted by Gasteiger charge is 2.49. The van der Waals surface area contributed by atoms with Crippen molar-refractivity contribution in [3.05, 3.63) is 35.4 Å². The summed E-state index contributed by atoms with van der Waals surface area (Å²) in [7, 11) is 4.09. The fourth-order valence-corrected chi connectivity index (χ4v) is 5.52. The Hall–Kier alpha value is -1.53. The van der Waals surface area contributed by atoms with Gasteiger partial charge in [0.1, 0.15) is 11.6 Å². The maximum Gasteiger partial charge on any atom is 0.223 e. The van der Waals surface area contributed by atoms with E-state index in [1.165, 1.54) is 18.2 Å². The minimum Gasteiger partial charge on any atom is -0.335 e. The molecule has 0 aromatic heterocycles. The van der Waals surface area contributed by atoms with E-state index in [0.717, 1.165) is 38.9 Å². The van der Waals surface area contributed by atoms with E-state index in [1.807, 2.05) is 14.1 Å². The Kier molecular flexibility index (Phi) is 5.21. The summed E-state index contributed by atoms with van der Waals surface area (Å²) in [4.78, 5) is 19.3. The first-order chi connectivity index (χ1) is 12.9. The van der Waals surface area contributed by atoms with E-state index in [9.17, 15) is 13.6 Å². The van der Waals surface area contributed by atoms with Gasteiger partial charge in [-0.1, -0.05) is 6.07 Å². The van der Waals surface area contributed by atoms with Gasteiger partial charge in [0.05, 0.1) is 0 Å². The van der Waals surface area contributed by atoms with Crippen molar-refractivity contribution in [3.63, 3.8) is 0 Å². The maximum atomic E-state index is 14.1. The fraction of sp³-hybridized carbons (Fsp3) is 0.667. The molecule has 148 valence electrons. The van der Waals surface area contributed by atoms with Crippen molar-refractivity contribution in [2.45, 2.75) is 44.3 Å². The Labute approximate surface area is 160 Å². The number of likely N-dealkylation sites (tertiary alicyclic amines) is 1. The number of benzene rings is 1. The number of carbonyl (C=O) groups is 1. The van der Waals surface area contributed by atoms with Crippen LogP contribution in [0.4, 0.5) is 8.78 Å². The molecule has 4 atom stereocenters. The van der Waals surface area contributed by atoms with Gasteiger partial charge in [0.15, 0.2) is 0 Å². The van der Waals surface area contributed by atoms with Crippen molar-refractivity contribution < 1.29 is 13.6 Å². The molecule has 4 nitrogen and oxygen atoms in total. The van der Waals surface area contributed by atoms with E-state index < -0.39 is 11.6 Å². The second kappa shape index (κ2) is 7.47. The van der Waals surface area contributed by atoms with Crippen LogP contribution in [0.2, 0.25) is 0 Å². The average molecular weight is 377 g/mol. The summed E-state index contributed by atoms with van der Waals surface area (Å²) in [6.45, 7) is 2.76. The number of hydrogen-bond acceptors (Lipinski definition) is 3. The lowest BCUT2D eigenvalue weighted by molar-refractivity contribution is -0.153. The van der Waals surface area contributed by atoms with Crippen molar-refractivity contribution >= 4 is 5.91 Å². The first-order valence-corrected chi connectivity index (χ1v) is 10.0. The Balaban J connectivity index is 1.58. The van der Waals surface area contributed by atoms with Crippen molar-refractivity contribution in [2.24, 2.45) is 11.8 Å². The number of likely N-dealkylation sites (N-methyl/N-ethyl adjacent to an activating group) is 1. The van der Waals surface area contributed by atoms with Crippen LogP contribution in [0.3, 0.4) is 0 Å². The number of halogens is 2. The van der Waals surface area contributed by atoms with Crippen LogP contribution in [-0.4, -0.2) is 66.4 Å². The summed E-state index contributed by atoms with van der Waals surface area (Å²) in [5.74, 6) is 0.122. The maximum absolute atomic E-state index is 14.1. The largest absolute Gasteiger partial charge is 0.335 e. The molecule has 3 saturated heterocycles. The zero-order chi connectivity index (χ0) is 19.1. The molecule has 1 amide bonds. The van der Waals surface area contributed by atoms with E-state index in [4.69, 9.17) is 0 Å². The molecule has 3 heterocycles. The van der Waals surface area contributed by atoms with Crippen LogP contribution in [-0.2, 0) is 11.3 Å². The fourth-order valence-electron chi connectivity index (χ4n) is 5.52. The van der Waals surface area contributed by atoms with Crippen LogP contribution in [0.15, 0.2) is 18.2 Å². The van der Waals surface area contributed by atoms with Gasteiger partial charge in [0.2, 0.25) is 5.91 Å². The van der Waals surface area contributed by atoms with Gasteiger partial charge in [-0.25, -0.2) is 8.78 Å². The topological polar surface area (TPSA) is 26.8 Å². The predicted octanol–water partition coefficient (Wildman–Crippen LogP) is 2.73. The molecule has 3 aliphatic rings. The molecular formula is C21H29F2N3O. The molecular weight excluding hydrogens is 348 g/mol. The van der Waals surface area contributed by atoms with E-state index in [0.29, 0.717) is 30.7 Å². The van der Waals surface area contributed by atoms with Gasteiger partial charge in [0.25, 0.3) is 0 Å². The third-order valence-corrected chi connectivity index (χ3v) is 6.57. The van der Waals surface area contributed by atoms with Crippen LogP contribution < -0.4 is 0 Å². The summed E-state index contributed by atoms with van der Waals surface area (Å²) in [6.07, 6.45) is 3.78. The molecule has 1 aromatic carbocycles. The monoisotopic (exact) mass is 377 g/mol. The van der Waals surface area contributed by atoms with E-state index in [-0.39, 0.29) is 17.6 Å². The molecule has 6 heteroatoms. The average Bonchev–Trinajstić information content (AvgIpc) is 2.62. The number of fused-ring (bicyclic) bond motifs is 4. The molecule has 27 heavy (non-hydrogen) atoms. The van der Waals surface area contributed by atoms with Gasteiger partial charge in [-0.05, 0) is 57.3 Å². The van der Waals surface area contributed by atoms with Gasteiger partial charge in [-0.15, -0.1) is 0 Å². The zero-order valence-corrected chi connectivity index (χ0v) is 16.2. The second-order valence-corrected chi connectivity index (χ2v) is 8.74. The number of amides is 1. The van der Waals surface area contributed by atoms with E-state index in [2.05, 4.69) is 14.7 Å². The summed E-state index contributed by atoms with van der Waals surface area (Å²) in [5, 5.41) is 0. The van der Waals surface area contributed by atoms with Gasteiger partial charge < -0.3 is 9.80 Å². The van der Waals surface area contributed by atoms with Crippen LogP contribution in [0, 0.1) is 23.5 Å². The van der Waals surface area contributed by atoms with Gasteiger partial charge in [-0.3, -0.25) is 9.69 Å². The number of rotatable bonds is 4. The number of carbonyl (C=O) groups excluding carboxylic acids is 1. The molecule has 0 aliphatic carbocycles. The van der Waals surface area contributed by atoms with Crippen molar-refractivity contribution in [1.29, 1.82) is 0 Å². The molecule has 0 unspecified atom stereocenters. The lowest BCUT2D eigenvalue weighted by atomic mass is 9.72. The van der Waals surface area contributed by atoms with Crippen molar-refractivity contribution in [2.75, 3.05) is 33.7 Å². The van der Waals surface area contributed by atoms with Gasteiger partial charge in [0, 0.05) is 50.2 Å². The zero-order valence-electron chi connectivity index (χ0n) is 16.2. The summed E-state index contributed by atoms with van der Waals surface area (Å²) < 4.78 is 28.3. The molecule has 3 fully saturated rings. The summed E-state index contributed by atoms with van der Waals surface area (Å²) >= 11 is 0. The smallest absolute Gasteiger partial charge is 0.223 e. The lowest BCUT2D eigenvalue weighted by Crippen LogP contribution is -2.66. The first kappa shape index (κ1) is 18.8. The molecule has 0 N–H and O–H groups in total.